The number of rotatable bonds is 9. The molecule has 1 aromatic carbocycles. The monoisotopic (exact) mass is 506 g/mol. The van der Waals surface area contributed by atoms with Crippen molar-refractivity contribution in [3.63, 3.8) is 0 Å². The van der Waals surface area contributed by atoms with E-state index in [1.54, 1.807) is 7.05 Å². The van der Waals surface area contributed by atoms with Gasteiger partial charge >= 0.3 is 0 Å². The Kier molecular flexibility index (Phi) is 11.4. The molecule has 3 N–H and O–H groups in total. The fraction of sp³-hybridized carbons (Fsp3) is 0.600. The summed E-state index contributed by atoms with van der Waals surface area (Å²) in [4.78, 5) is 16.2. The Labute approximate surface area is 184 Å². The molecule has 1 amide bonds. The van der Waals surface area contributed by atoms with Crippen molar-refractivity contribution in [2.24, 2.45) is 10.4 Å². The van der Waals surface area contributed by atoms with Crippen molar-refractivity contribution < 1.29 is 13.9 Å². The maximum Gasteiger partial charge on any atom is 0.243 e. The summed E-state index contributed by atoms with van der Waals surface area (Å²) >= 11 is 0. The van der Waals surface area contributed by atoms with Crippen molar-refractivity contribution in [2.75, 3.05) is 38.7 Å². The summed E-state index contributed by atoms with van der Waals surface area (Å²) in [6.45, 7) is 4.45. The number of nitrogens with one attached hydrogen (secondary N) is 3. The maximum absolute atomic E-state index is 12.9. The van der Waals surface area contributed by atoms with Crippen molar-refractivity contribution >= 4 is 41.5 Å². The maximum atomic E-state index is 12.9. The van der Waals surface area contributed by atoms with E-state index in [0.717, 1.165) is 26.2 Å². The molecule has 6 nitrogen and oxygen atoms in total. The highest BCUT2D eigenvalue weighted by atomic mass is 127. The molecule has 0 aromatic heterocycles. The Hall–Kier alpha value is -1.42. The van der Waals surface area contributed by atoms with E-state index in [0.29, 0.717) is 11.6 Å². The molecule has 0 bridgehead atoms. The molecule has 0 spiro atoms. The number of benzene rings is 1. The minimum absolute atomic E-state index is 0. The van der Waals surface area contributed by atoms with Crippen LogP contribution in [0.2, 0.25) is 0 Å². The second-order valence-corrected chi connectivity index (χ2v) is 6.99. The summed E-state index contributed by atoms with van der Waals surface area (Å²) in [6, 6.07) is 5.69. The highest BCUT2D eigenvalue weighted by Gasteiger charge is 2.33. The van der Waals surface area contributed by atoms with Gasteiger partial charge in [-0.3, -0.25) is 9.79 Å². The Morgan fingerprint density at radius 1 is 1.21 bits per heavy atom. The zero-order chi connectivity index (χ0) is 19.5. The van der Waals surface area contributed by atoms with Gasteiger partial charge in [0.15, 0.2) is 5.96 Å². The molecule has 2 rings (SSSR count). The minimum Gasteiger partial charge on any atom is -0.382 e. The van der Waals surface area contributed by atoms with E-state index in [2.05, 4.69) is 20.9 Å². The number of halogens is 2. The van der Waals surface area contributed by atoms with Gasteiger partial charge in [0.1, 0.15) is 5.82 Å². The molecule has 0 radical (unpaired) electrons. The largest absolute Gasteiger partial charge is 0.382 e. The lowest BCUT2D eigenvalue weighted by Crippen LogP contribution is -2.45. The molecule has 0 saturated heterocycles. The fourth-order valence-corrected chi connectivity index (χ4v) is 3.47. The normalized spacial score (nSPS) is 15.6. The molecule has 1 aromatic rings. The molecule has 0 heterocycles. The molecular formula is C20H32FIN4O2. The first-order valence-corrected chi connectivity index (χ1v) is 9.64. The van der Waals surface area contributed by atoms with Crippen molar-refractivity contribution in [3.05, 3.63) is 30.1 Å². The number of anilines is 1. The van der Waals surface area contributed by atoms with Crippen molar-refractivity contribution in [3.8, 4) is 0 Å². The summed E-state index contributed by atoms with van der Waals surface area (Å²) in [5, 5.41) is 9.11. The van der Waals surface area contributed by atoms with Gasteiger partial charge in [-0.2, -0.15) is 0 Å². The zero-order valence-electron chi connectivity index (χ0n) is 16.7. The number of nitrogens with zero attached hydrogens (tertiary/aromatic N) is 1. The number of amides is 1. The van der Waals surface area contributed by atoms with Crippen LogP contribution in [0, 0.1) is 11.2 Å². The number of hydrogen-bond donors (Lipinski definition) is 3. The predicted octanol–water partition coefficient (Wildman–Crippen LogP) is 3.53. The molecule has 8 heteroatoms. The van der Waals surface area contributed by atoms with Crippen LogP contribution in [-0.2, 0) is 9.53 Å². The van der Waals surface area contributed by atoms with E-state index in [1.807, 2.05) is 6.92 Å². The topological polar surface area (TPSA) is 74.8 Å². The number of aliphatic imine (C=N–C) groups is 1. The van der Waals surface area contributed by atoms with Gasteiger partial charge in [-0.25, -0.2) is 4.39 Å². The third kappa shape index (κ3) is 8.30. The van der Waals surface area contributed by atoms with Crippen LogP contribution < -0.4 is 16.0 Å². The lowest BCUT2D eigenvalue weighted by atomic mass is 9.83. The van der Waals surface area contributed by atoms with Crippen LogP contribution in [0.25, 0.3) is 0 Å². The molecule has 1 saturated carbocycles. The lowest BCUT2D eigenvalue weighted by Gasteiger charge is -2.30. The van der Waals surface area contributed by atoms with E-state index in [-0.39, 0.29) is 47.7 Å². The van der Waals surface area contributed by atoms with Gasteiger partial charge in [-0.05, 0) is 55.9 Å². The van der Waals surface area contributed by atoms with E-state index in [1.165, 1.54) is 49.9 Å². The second kappa shape index (κ2) is 12.9. The zero-order valence-corrected chi connectivity index (χ0v) is 19.1. The smallest absolute Gasteiger partial charge is 0.243 e. The summed E-state index contributed by atoms with van der Waals surface area (Å²) in [5.41, 5.74) is 0.801. The molecule has 1 fully saturated rings. The summed E-state index contributed by atoms with van der Waals surface area (Å²) in [7, 11) is 1.69. The SMILES string of the molecule is CCOCCC1(CNC(=NC)NCC(=O)Nc2ccc(F)cc2)CCCC1.I. The van der Waals surface area contributed by atoms with Crippen LogP contribution in [0.4, 0.5) is 10.1 Å². The van der Waals surface area contributed by atoms with Gasteiger partial charge in [-0.15, -0.1) is 24.0 Å². The van der Waals surface area contributed by atoms with Crippen molar-refractivity contribution in [2.45, 2.75) is 39.0 Å². The first-order chi connectivity index (χ1) is 13.1. The van der Waals surface area contributed by atoms with E-state index in [9.17, 15) is 9.18 Å². The predicted molar refractivity (Wildman–Crippen MR) is 122 cm³/mol. The molecule has 0 aliphatic heterocycles. The second-order valence-electron chi connectivity index (χ2n) is 6.99. The summed E-state index contributed by atoms with van der Waals surface area (Å²) < 4.78 is 18.5. The molecule has 0 unspecified atom stereocenters. The van der Waals surface area contributed by atoms with E-state index >= 15 is 0 Å². The lowest BCUT2D eigenvalue weighted by molar-refractivity contribution is -0.115. The average Bonchev–Trinajstić information content (AvgIpc) is 3.13. The first-order valence-electron chi connectivity index (χ1n) is 9.64. The number of carbonyl (C=O) groups is 1. The van der Waals surface area contributed by atoms with Crippen LogP contribution in [0.3, 0.4) is 0 Å². The van der Waals surface area contributed by atoms with Gasteiger partial charge < -0.3 is 20.7 Å². The molecule has 1 aliphatic rings. The quantitative estimate of drug-likeness (QED) is 0.207. The van der Waals surface area contributed by atoms with Crippen LogP contribution >= 0.6 is 24.0 Å². The minimum atomic E-state index is -0.332. The highest BCUT2D eigenvalue weighted by molar-refractivity contribution is 14.0. The number of ether oxygens (including phenoxy) is 1. The third-order valence-electron chi connectivity index (χ3n) is 5.04. The van der Waals surface area contributed by atoms with Crippen molar-refractivity contribution in [1.29, 1.82) is 0 Å². The average molecular weight is 506 g/mol. The number of guanidine groups is 1. The number of hydrogen-bond acceptors (Lipinski definition) is 3. The molecule has 0 atom stereocenters. The Bertz CT molecular complexity index is 619. The first kappa shape index (κ1) is 24.6. The number of carbonyl (C=O) groups excluding carboxylic acids is 1. The van der Waals surface area contributed by atoms with Crippen LogP contribution in [0.15, 0.2) is 29.3 Å². The third-order valence-corrected chi connectivity index (χ3v) is 5.04. The van der Waals surface area contributed by atoms with Gasteiger partial charge in [-0.1, -0.05) is 12.8 Å². The fourth-order valence-electron chi connectivity index (χ4n) is 3.47. The summed E-state index contributed by atoms with van der Waals surface area (Å²) in [5.74, 6) is 0.0596. The van der Waals surface area contributed by atoms with Gasteiger partial charge in [0, 0.05) is 32.5 Å². The Morgan fingerprint density at radius 2 is 1.89 bits per heavy atom. The highest BCUT2D eigenvalue weighted by Crippen LogP contribution is 2.40. The van der Waals surface area contributed by atoms with Gasteiger partial charge in [0.25, 0.3) is 0 Å². The summed E-state index contributed by atoms with van der Waals surface area (Å²) in [6.07, 6.45) is 5.92. The Balaban J connectivity index is 0.00000392. The standard InChI is InChI=1S/C20H31FN4O2.HI/c1-3-27-13-12-20(10-4-5-11-20)15-24-19(22-2)23-14-18(26)25-17-8-6-16(21)7-9-17;/h6-9H,3-5,10-15H2,1-2H3,(H,25,26)(H2,22,23,24);1H. The van der Waals surface area contributed by atoms with Gasteiger partial charge in [0.2, 0.25) is 5.91 Å². The molecule has 158 valence electrons. The Morgan fingerprint density at radius 3 is 2.50 bits per heavy atom. The molecular weight excluding hydrogens is 474 g/mol. The van der Waals surface area contributed by atoms with E-state index < -0.39 is 0 Å². The van der Waals surface area contributed by atoms with Crippen LogP contribution in [0.5, 0.6) is 0 Å². The van der Waals surface area contributed by atoms with Gasteiger partial charge in [0.05, 0.1) is 6.54 Å². The molecule has 1 aliphatic carbocycles. The van der Waals surface area contributed by atoms with Crippen molar-refractivity contribution in [1.82, 2.24) is 10.6 Å². The van der Waals surface area contributed by atoms with Crippen LogP contribution in [0.1, 0.15) is 39.0 Å². The van der Waals surface area contributed by atoms with E-state index in [4.69, 9.17) is 4.74 Å². The molecule has 28 heavy (non-hydrogen) atoms. The van der Waals surface area contributed by atoms with Crippen LogP contribution in [-0.4, -0.2) is 45.2 Å².